The van der Waals surface area contributed by atoms with Gasteiger partial charge in [-0.15, -0.1) is 0 Å². The number of H-pyrrole nitrogens is 1. The first kappa shape index (κ1) is 12.9. The summed E-state index contributed by atoms with van der Waals surface area (Å²) in [4.78, 5) is 3.24. The molecule has 0 radical (unpaired) electrons. The van der Waals surface area contributed by atoms with Crippen LogP contribution in [0.2, 0.25) is 0 Å². The molecule has 0 unspecified atom stereocenters. The zero-order chi connectivity index (χ0) is 13.8. The van der Waals surface area contributed by atoms with Crippen molar-refractivity contribution in [3.63, 3.8) is 0 Å². The topological polar surface area (TPSA) is 27.8 Å². The number of hydrogen-bond acceptors (Lipinski definition) is 1. The molecule has 0 aliphatic heterocycles. The fraction of sp³-hybridized carbons (Fsp3) is 0.222. The van der Waals surface area contributed by atoms with Crippen LogP contribution in [0.15, 0.2) is 54.7 Å². The fourth-order valence-electron chi connectivity index (χ4n) is 2.59. The van der Waals surface area contributed by atoms with Crippen molar-refractivity contribution in [2.45, 2.75) is 19.9 Å². The molecule has 0 saturated heterocycles. The van der Waals surface area contributed by atoms with Crippen molar-refractivity contribution < 1.29 is 0 Å². The van der Waals surface area contributed by atoms with E-state index in [9.17, 15) is 0 Å². The summed E-state index contributed by atoms with van der Waals surface area (Å²) >= 11 is 0. The van der Waals surface area contributed by atoms with E-state index < -0.39 is 0 Å². The third-order valence-electron chi connectivity index (χ3n) is 3.70. The maximum Gasteiger partial charge on any atom is 0.0454 e. The lowest BCUT2D eigenvalue weighted by atomic mass is 9.99. The van der Waals surface area contributed by atoms with Crippen LogP contribution in [-0.2, 0) is 13.0 Å². The molecule has 1 heterocycles. The Hall–Kier alpha value is -2.06. The van der Waals surface area contributed by atoms with Crippen LogP contribution in [0.4, 0.5) is 0 Å². The number of benzene rings is 2. The largest absolute Gasteiger partial charge is 0.361 e. The third-order valence-corrected chi connectivity index (χ3v) is 3.70. The van der Waals surface area contributed by atoms with Gasteiger partial charge in [0, 0.05) is 18.3 Å². The minimum absolute atomic E-state index is 0.944. The molecule has 0 atom stereocenters. The molecule has 0 saturated carbocycles. The average Bonchev–Trinajstić information content (AvgIpc) is 2.94. The highest BCUT2D eigenvalue weighted by atomic mass is 14.8. The molecular formula is C18H20N2. The van der Waals surface area contributed by atoms with Gasteiger partial charge in [-0.2, -0.15) is 0 Å². The second-order valence-electron chi connectivity index (χ2n) is 5.13. The Balaban J connectivity index is 1.86. The summed E-state index contributed by atoms with van der Waals surface area (Å²) in [6.07, 6.45) is 2.98. The summed E-state index contributed by atoms with van der Waals surface area (Å²) < 4.78 is 0. The van der Waals surface area contributed by atoms with Gasteiger partial charge in [-0.3, -0.25) is 0 Å². The van der Waals surface area contributed by atoms with Crippen LogP contribution in [0.1, 0.15) is 23.6 Å². The van der Waals surface area contributed by atoms with Crippen molar-refractivity contribution in [1.82, 2.24) is 10.3 Å². The normalized spacial score (nSPS) is 11.1. The first-order valence-electron chi connectivity index (χ1n) is 7.20. The second-order valence-corrected chi connectivity index (χ2v) is 5.13. The molecule has 2 nitrogen and oxygen atoms in total. The monoisotopic (exact) mass is 264 g/mol. The number of fused-ring (bicyclic) bond motifs is 1. The number of nitrogens with one attached hydrogen (secondary N) is 2. The molecule has 1 aromatic heterocycles. The Labute approximate surface area is 119 Å². The SMILES string of the molecule is CCNCc1ccccc1Cc1ccc2[nH]ccc2c1. The van der Waals surface area contributed by atoms with Gasteiger partial charge >= 0.3 is 0 Å². The summed E-state index contributed by atoms with van der Waals surface area (Å²) in [5, 5.41) is 4.70. The highest BCUT2D eigenvalue weighted by Crippen LogP contribution is 2.19. The van der Waals surface area contributed by atoms with E-state index in [1.165, 1.54) is 27.6 Å². The molecule has 3 rings (SSSR count). The maximum absolute atomic E-state index is 3.41. The van der Waals surface area contributed by atoms with E-state index in [2.05, 4.69) is 65.8 Å². The van der Waals surface area contributed by atoms with E-state index in [0.29, 0.717) is 0 Å². The summed E-state index contributed by atoms with van der Waals surface area (Å²) in [7, 11) is 0. The summed E-state index contributed by atoms with van der Waals surface area (Å²) in [5.41, 5.74) is 5.36. The van der Waals surface area contributed by atoms with Crippen molar-refractivity contribution in [1.29, 1.82) is 0 Å². The van der Waals surface area contributed by atoms with Gasteiger partial charge in [0.15, 0.2) is 0 Å². The van der Waals surface area contributed by atoms with E-state index in [0.717, 1.165) is 19.5 Å². The summed E-state index contributed by atoms with van der Waals surface area (Å²) in [5.74, 6) is 0. The molecule has 0 aliphatic rings. The van der Waals surface area contributed by atoms with Crippen LogP contribution >= 0.6 is 0 Å². The highest BCUT2D eigenvalue weighted by Gasteiger charge is 2.04. The molecule has 2 heteroatoms. The summed E-state index contributed by atoms with van der Waals surface area (Å²) in [6, 6.07) is 17.5. The van der Waals surface area contributed by atoms with Crippen LogP contribution in [0.5, 0.6) is 0 Å². The lowest BCUT2D eigenvalue weighted by Crippen LogP contribution is -2.13. The Kier molecular flexibility index (Phi) is 3.84. The van der Waals surface area contributed by atoms with Crippen molar-refractivity contribution in [3.05, 3.63) is 71.4 Å². The van der Waals surface area contributed by atoms with E-state index in [1.807, 2.05) is 6.20 Å². The quantitative estimate of drug-likeness (QED) is 0.719. The van der Waals surface area contributed by atoms with Crippen molar-refractivity contribution in [2.75, 3.05) is 6.54 Å². The number of aromatic amines is 1. The third kappa shape index (κ3) is 2.75. The van der Waals surface area contributed by atoms with Crippen LogP contribution in [0, 0.1) is 0 Å². The van der Waals surface area contributed by atoms with Gasteiger partial charge in [0.2, 0.25) is 0 Å². The van der Waals surface area contributed by atoms with Crippen LogP contribution < -0.4 is 5.32 Å². The maximum atomic E-state index is 3.41. The number of rotatable bonds is 5. The van der Waals surface area contributed by atoms with Gasteiger partial charge in [-0.1, -0.05) is 37.3 Å². The molecule has 0 bridgehead atoms. The molecule has 2 aromatic carbocycles. The first-order valence-corrected chi connectivity index (χ1v) is 7.20. The molecule has 0 spiro atoms. The lowest BCUT2D eigenvalue weighted by Gasteiger charge is -2.10. The van der Waals surface area contributed by atoms with Gasteiger partial charge < -0.3 is 10.3 Å². The molecule has 102 valence electrons. The van der Waals surface area contributed by atoms with Crippen molar-refractivity contribution in [2.24, 2.45) is 0 Å². The van der Waals surface area contributed by atoms with E-state index in [4.69, 9.17) is 0 Å². The number of hydrogen-bond donors (Lipinski definition) is 2. The van der Waals surface area contributed by atoms with Gasteiger partial charge in [0.1, 0.15) is 0 Å². The van der Waals surface area contributed by atoms with E-state index in [1.54, 1.807) is 0 Å². The molecule has 0 amide bonds. The average molecular weight is 264 g/mol. The van der Waals surface area contributed by atoms with Gasteiger partial charge in [0.05, 0.1) is 0 Å². The molecule has 2 N–H and O–H groups in total. The molecular weight excluding hydrogens is 244 g/mol. The van der Waals surface area contributed by atoms with E-state index in [-0.39, 0.29) is 0 Å². The van der Waals surface area contributed by atoms with Crippen molar-refractivity contribution in [3.8, 4) is 0 Å². The first-order chi connectivity index (χ1) is 9.86. The van der Waals surface area contributed by atoms with Crippen molar-refractivity contribution >= 4 is 10.9 Å². The molecule has 0 aliphatic carbocycles. The predicted octanol–water partition coefficient (Wildman–Crippen LogP) is 3.87. The minimum atomic E-state index is 0.944. The van der Waals surface area contributed by atoms with Crippen LogP contribution in [0.3, 0.4) is 0 Å². The van der Waals surface area contributed by atoms with Gasteiger partial charge in [0.25, 0.3) is 0 Å². The molecule has 0 fully saturated rings. The Bertz CT molecular complexity index is 697. The smallest absolute Gasteiger partial charge is 0.0454 e. The molecule has 3 aromatic rings. The predicted molar refractivity (Wildman–Crippen MR) is 84.9 cm³/mol. The zero-order valence-electron chi connectivity index (χ0n) is 11.8. The van der Waals surface area contributed by atoms with Gasteiger partial charge in [-0.25, -0.2) is 0 Å². The van der Waals surface area contributed by atoms with Gasteiger partial charge in [-0.05, 0) is 53.2 Å². The second kappa shape index (κ2) is 5.93. The zero-order valence-corrected chi connectivity index (χ0v) is 11.8. The highest BCUT2D eigenvalue weighted by molar-refractivity contribution is 5.80. The molecule has 20 heavy (non-hydrogen) atoms. The minimum Gasteiger partial charge on any atom is -0.361 e. The van der Waals surface area contributed by atoms with Crippen LogP contribution in [0.25, 0.3) is 10.9 Å². The summed E-state index contributed by atoms with van der Waals surface area (Å²) in [6.45, 7) is 4.09. The van der Waals surface area contributed by atoms with E-state index >= 15 is 0 Å². The Morgan fingerprint density at radius 2 is 1.85 bits per heavy atom. The Morgan fingerprint density at radius 3 is 2.70 bits per heavy atom. The van der Waals surface area contributed by atoms with Crippen LogP contribution in [-0.4, -0.2) is 11.5 Å². The lowest BCUT2D eigenvalue weighted by molar-refractivity contribution is 0.721. The number of aromatic nitrogens is 1. The Morgan fingerprint density at radius 1 is 1.00 bits per heavy atom. The fourth-order valence-corrected chi connectivity index (χ4v) is 2.59. The standard InChI is InChI=1S/C18H20N2/c1-2-19-13-17-6-4-3-5-15(17)11-14-7-8-18-16(12-14)9-10-20-18/h3-10,12,19-20H,2,11,13H2,1H3.